The maximum Gasteiger partial charge on any atom is 0.273 e. The highest BCUT2D eigenvalue weighted by Gasteiger charge is 2.42. The summed E-state index contributed by atoms with van der Waals surface area (Å²) in [6, 6.07) is 19.0. The zero-order chi connectivity index (χ0) is 21.5. The number of rotatable bonds is 4. The summed E-state index contributed by atoms with van der Waals surface area (Å²) < 4.78 is 13.4. The number of hydrogen-bond donors (Lipinski definition) is 3. The summed E-state index contributed by atoms with van der Waals surface area (Å²) in [5.74, 6) is -0.411. The lowest BCUT2D eigenvalue weighted by atomic mass is 9.95. The first-order valence-corrected chi connectivity index (χ1v) is 9.74. The molecule has 0 spiro atoms. The first-order chi connectivity index (χ1) is 15.0. The van der Waals surface area contributed by atoms with Crippen molar-refractivity contribution >= 4 is 5.91 Å². The maximum absolute atomic E-state index is 13.4. The van der Waals surface area contributed by atoms with Gasteiger partial charge in [0.15, 0.2) is 0 Å². The number of aromatic amines is 1. The number of aromatic nitrogens is 2. The highest BCUT2D eigenvalue weighted by Crippen LogP contribution is 2.45. The average Bonchev–Trinajstić information content (AvgIpc) is 3.30. The van der Waals surface area contributed by atoms with Crippen LogP contribution in [0.5, 0.6) is 11.5 Å². The van der Waals surface area contributed by atoms with Crippen LogP contribution in [0.25, 0.3) is 11.3 Å². The highest BCUT2D eigenvalue weighted by atomic mass is 19.1. The second-order valence-corrected chi connectivity index (χ2v) is 7.43. The van der Waals surface area contributed by atoms with E-state index in [4.69, 9.17) is 0 Å². The Balaban J connectivity index is 1.65. The van der Waals surface area contributed by atoms with E-state index in [0.717, 1.165) is 11.1 Å². The third-order valence-electron chi connectivity index (χ3n) is 5.50. The summed E-state index contributed by atoms with van der Waals surface area (Å²) in [5, 5.41) is 27.3. The minimum atomic E-state index is -0.499. The number of carbonyl (C=O) groups excluding carboxylic acids is 1. The van der Waals surface area contributed by atoms with Gasteiger partial charge in [-0.3, -0.25) is 9.89 Å². The third-order valence-corrected chi connectivity index (χ3v) is 5.50. The van der Waals surface area contributed by atoms with E-state index in [1.807, 2.05) is 0 Å². The molecular weight excluding hydrogens is 397 g/mol. The van der Waals surface area contributed by atoms with Crippen molar-refractivity contribution in [2.24, 2.45) is 0 Å². The summed E-state index contributed by atoms with van der Waals surface area (Å²) in [7, 11) is 0. The SMILES string of the molecule is O=C1c2[nH]nc(-c3ccccc3O)c2[C@@H](c2ccc(O)cc2)N1Cc1ccc(F)cc1. The minimum absolute atomic E-state index is 0.0608. The smallest absolute Gasteiger partial charge is 0.273 e. The maximum atomic E-state index is 13.4. The number of phenols is 2. The molecular formula is C24H18FN3O3. The summed E-state index contributed by atoms with van der Waals surface area (Å²) in [6.07, 6.45) is 0. The Kier molecular flexibility index (Phi) is 4.43. The fraction of sp³-hybridized carbons (Fsp3) is 0.0833. The van der Waals surface area contributed by atoms with Crippen LogP contribution in [0, 0.1) is 5.82 Å². The molecule has 4 aromatic rings. The number of para-hydroxylation sites is 1. The Labute approximate surface area is 177 Å². The molecule has 1 aromatic heterocycles. The summed E-state index contributed by atoms with van der Waals surface area (Å²) >= 11 is 0. The molecule has 5 rings (SSSR count). The number of fused-ring (bicyclic) bond motifs is 1. The van der Waals surface area contributed by atoms with Gasteiger partial charge in [0.2, 0.25) is 0 Å². The zero-order valence-corrected chi connectivity index (χ0v) is 16.3. The number of benzene rings is 3. The van der Waals surface area contributed by atoms with Crippen molar-refractivity contribution in [1.82, 2.24) is 15.1 Å². The third kappa shape index (κ3) is 3.20. The molecule has 0 saturated heterocycles. The van der Waals surface area contributed by atoms with Gasteiger partial charge in [-0.2, -0.15) is 5.10 Å². The van der Waals surface area contributed by atoms with E-state index in [0.29, 0.717) is 22.5 Å². The molecule has 1 atom stereocenters. The molecule has 7 heteroatoms. The van der Waals surface area contributed by atoms with Crippen LogP contribution in [-0.4, -0.2) is 31.2 Å². The fourth-order valence-electron chi connectivity index (χ4n) is 4.03. The molecule has 1 amide bonds. The zero-order valence-electron chi connectivity index (χ0n) is 16.3. The molecule has 1 aliphatic heterocycles. The number of carbonyl (C=O) groups is 1. The Bertz CT molecular complexity index is 1270. The molecule has 31 heavy (non-hydrogen) atoms. The van der Waals surface area contributed by atoms with Crippen molar-refractivity contribution < 1.29 is 19.4 Å². The Morgan fingerprint density at radius 1 is 0.968 bits per heavy atom. The van der Waals surface area contributed by atoms with E-state index in [1.54, 1.807) is 65.6 Å². The second-order valence-electron chi connectivity index (χ2n) is 7.43. The topological polar surface area (TPSA) is 89.5 Å². The Hall–Kier alpha value is -4.13. The van der Waals surface area contributed by atoms with Gasteiger partial charge in [-0.1, -0.05) is 36.4 Å². The van der Waals surface area contributed by atoms with E-state index in [1.165, 1.54) is 12.1 Å². The van der Waals surface area contributed by atoms with E-state index >= 15 is 0 Å². The number of H-pyrrole nitrogens is 1. The van der Waals surface area contributed by atoms with Crippen molar-refractivity contribution in [2.75, 3.05) is 0 Å². The molecule has 6 nitrogen and oxygen atoms in total. The van der Waals surface area contributed by atoms with Crippen LogP contribution in [0.2, 0.25) is 0 Å². The first kappa shape index (κ1) is 18.9. The van der Waals surface area contributed by atoms with Crippen molar-refractivity contribution in [3.05, 3.63) is 101 Å². The molecule has 2 heterocycles. The fourth-order valence-corrected chi connectivity index (χ4v) is 4.03. The second kappa shape index (κ2) is 7.28. The normalized spacial score (nSPS) is 15.3. The number of nitrogens with one attached hydrogen (secondary N) is 1. The van der Waals surface area contributed by atoms with Crippen molar-refractivity contribution in [3.63, 3.8) is 0 Å². The largest absolute Gasteiger partial charge is 0.508 e. The van der Waals surface area contributed by atoms with Gasteiger partial charge in [0.05, 0.1) is 6.04 Å². The number of aromatic hydroxyl groups is 2. The van der Waals surface area contributed by atoms with Gasteiger partial charge in [0.25, 0.3) is 5.91 Å². The number of hydrogen-bond acceptors (Lipinski definition) is 4. The molecule has 0 aliphatic carbocycles. The summed E-state index contributed by atoms with van der Waals surface area (Å²) in [6.45, 7) is 0.257. The Morgan fingerprint density at radius 3 is 2.39 bits per heavy atom. The minimum Gasteiger partial charge on any atom is -0.508 e. The molecule has 0 bridgehead atoms. The average molecular weight is 415 g/mol. The predicted octanol–water partition coefficient (Wildman–Crippen LogP) is 4.37. The van der Waals surface area contributed by atoms with Crippen molar-refractivity contribution in [1.29, 1.82) is 0 Å². The number of halogens is 1. The van der Waals surface area contributed by atoms with Crippen LogP contribution in [0.4, 0.5) is 4.39 Å². The lowest BCUT2D eigenvalue weighted by Gasteiger charge is -2.26. The first-order valence-electron chi connectivity index (χ1n) is 9.74. The van der Waals surface area contributed by atoms with Crippen LogP contribution >= 0.6 is 0 Å². The van der Waals surface area contributed by atoms with Gasteiger partial charge in [-0.15, -0.1) is 0 Å². The van der Waals surface area contributed by atoms with Gasteiger partial charge in [0, 0.05) is 17.7 Å². The van der Waals surface area contributed by atoms with Crippen molar-refractivity contribution in [2.45, 2.75) is 12.6 Å². The lowest BCUT2D eigenvalue weighted by Crippen LogP contribution is -2.29. The quantitative estimate of drug-likeness (QED) is 0.462. The van der Waals surface area contributed by atoms with Gasteiger partial charge in [0.1, 0.15) is 28.7 Å². The van der Waals surface area contributed by atoms with Gasteiger partial charge in [-0.25, -0.2) is 4.39 Å². The van der Waals surface area contributed by atoms with Crippen molar-refractivity contribution in [3.8, 4) is 22.8 Å². The van der Waals surface area contributed by atoms with E-state index in [2.05, 4.69) is 10.2 Å². The standard InChI is InChI=1S/C24H18FN3O3/c25-16-9-5-14(6-10-16)13-28-23(15-7-11-17(29)12-8-15)20-21(26-27-22(20)24(28)31)18-3-1-2-4-19(18)30/h1-12,23,29-30H,13H2,(H,26,27)/t23-/m1/s1. The van der Waals surface area contributed by atoms with Crippen LogP contribution in [0.1, 0.15) is 33.2 Å². The monoisotopic (exact) mass is 415 g/mol. The predicted molar refractivity (Wildman–Crippen MR) is 112 cm³/mol. The van der Waals surface area contributed by atoms with Crippen LogP contribution in [-0.2, 0) is 6.54 Å². The molecule has 0 radical (unpaired) electrons. The number of phenolic OH excluding ortho intramolecular Hbond substituents is 2. The molecule has 154 valence electrons. The number of amides is 1. The van der Waals surface area contributed by atoms with Gasteiger partial charge >= 0.3 is 0 Å². The molecule has 3 aromatic carbocycles. The van der Waals surface area contributed by atoms with E-state index in [-0.39, 0.29) is 29.8 Å². The lowest BCUT2D eigenvalue weighted by molar-refractivity contribution is 0.0730. The molecule has 0 saturated carbocycles. The molecule has 0 fully saturated rings. The van der Waals surface area contributed by atoms with Crippen LogP contribution in [0.3, 0.4) is 0 Å². The molecule has 0 unspecified atom stereocenters. The van der Waals surface area contributed by atoms with Crippen LogP contribution in [0.15, 0.2) is 72.8 Å². The van der Waals surface area contributed by atoms with Gasteiger partial charge < -0.3 is 15.1 Å². The van der Waals surface area contributed by atoms with E-state index < -0.39 is 6.04 Å². The molecule has 3 N–H and O–H groups in total. The summed E-state index contributed by atoms with van der Waals surface area (Å²) in [4.78, 5) is 15.0. The molecule has 1 aliphatic rings. The number of nitrogens with zero attached hydrogens (tertiary/aromatic N) is 2. The highest BCUT2D eigenvalue weighted by molar-refractivity contribution is 6.00. The van der Waals surface area contributed by atoms with Crippen LogP contribution < -0.4 is 0 Å². The van der Waals surface area contributed by atoms with E-state index in [9.17, 15) is 19.4 Å². The van der Waals surface area contributed by atoms with Gasteiger partial charge in [-0.05, 0) is 47.5 Å². The Morgan fingerprint density at radius 2 is 1.68 bits per heavy atom. The summed E-state index contributed by atoms with van der Waals surface area (Å²) in [5.41, 5.74) is 3.56.